The molecule has 1 aliphatic rings. The Morgan fingerprint density at radius 3 is 2.33 bits per heavy atom. The second-order valence-electron chi connectivity index (χ2n) is 6.30. The van der Waals surface area contributed by atoms with Gasteiger partial charge in [0, 0.05) is 43.4 Å². The number of benzene rings is 1. The standard InChI is InChI=1S/C15H23ClN2/c1-15(2,3)12-17-7-9-18(10-8-17)14-6-4-5-13(16)11-14/h4-6,11H,7-10,12H2,1-3H3. The van der Waals surface area contributed by atoms with Gasteiger partial charge in [0.2, 0.25) is 0 Å². The van der Waals surface area contributed by atoms with Gasteiger partial charge in [0.25, 0.3) is 0 Å². The van der Waals surface area contributed by atoms with Gasteiger partial charge in [-0.2, -0.15) is 0 Å². The molecule has 3 heteroatoms. The molecule has 0 radical (unpaired) electrons. The Kier molecular flexibility index (Phi) is 4.18. The summed E-state index contributed by atoms with van der Waals surface area (Å²) in [5.41, 5.74) is 1.64. The minimum Gasteiger partial charge on any atom is -0.369 e. The Morgan fingerprint density at radius 1 is 1.11 bits per heavy atom. The lowest BCUT2D eigenvalue weighted by Gasteiger charge is -2.38. The zero-order valence-corrected chi connectivity index (χ0v) is 12.4. The van der Waals surface area contributed by atoms with Crippen LogP contribution in [-0.2, 0) is 0 Å². The van der Waals surface area contributed by atoms with E-state index in [1.165, 1.54) is 12.2 Å². The van der Waals surface area contributed by atoms with Crippen molar-refractivity contribution in [3.63, 3.8) is 0 Å². The summed E-state index contributed by atoms with van der Waals surface area (Å²) >= 11 is 6.04. The third-order valence-electron chi connectivity index (χ3n) is 3.24. The molecule has 0 saturated carbocycles. The molecule has 0 atom stereocenters. The largest absolute Gasteiger partial charge is 0.369 e. The van der Waals surface area contributed by atoms with Gasteiger partial charge in [-0.05, 0) is 23.6 Å². The smallest absolute Gasteiger partial charge is 0.0426 e. The topological polar surface area (TPSA) is 6.48 Å². The first-order chi connectivity index (χ1) is 8.44. The average Bonchev–Trinajstić information content (AvgIpc) is 2.28. The lowest BCUT2D eigenvalue weighted by molar-refractivity contribution is 0.182. The third-order valence-corrected chi connectivity index (χ3v) is 3.48. The number of hydrogen-bond donors (Lipinski definition) is 0. The van der Waals surface area contributed by atoms with Crippen LogP contribution in [0.1, 0.15) is 20.8 Å². The summed E-state index contributed by atoms with van der Waals surface area (Å²) in [7, 11) is 0. The maximum Gasteiger partial charge on any atom is 0.0426 e. The van der Waals surface area contributed by atoms with Gasteiger partial charge >= 0.3 is 0 Å². The van der Waals surface area contributed by atoms with E-state index >= 15 is 0 Å². The van der Waals surface area contributed by atoms with Gasteiger partial charge in [0.05, 0.1) is 0 Å². The zero-order valence-electron chi connectivity index (χ0n) is 11.6. The quantitative estimate of drug-likeness (QED) is 0.808. The van der Waals surface area contributed by atoms with Crippen LogP contribution in [0.25, 0.3) is 0 Å². The minimum atomic E-state index is 0.387. The van der Waals surface area contributed by atoms with Crippen molar-refractivity contribution in [2.45, 2.75) is 20.8 Å². The van der Waals surface area contributed by atoms with Crippen LogP contribution in [0, 0.1) is 5.41 Å². The van der Waals surface area contributed by atoms with Crippen molar-refractivity contribution in [3.8, 4) is 0 Å². The van der Waals surface area contributed by atoms with E-state index in [2.05, 4.69) is 42.7 Å². The van der Waals surface area contributed by atoms with Gasteiger partial charge in [0.1, 0.15) is 0 Å². The molecule has 0 aromatic heterocycles. The predicted octanol–water partition coefficient (Wildman–Crippen LogP) is 3.51. The summed E-state index contributed by atoms with van der Waals surface area (Å²) in [5.74, 6) is 0. The van der Waals surface area contributed by atoms with Crippen molar-refractivity contribution in [1.82, 2.24) is 4.90 Å². The van der Waals surface area contributed by atoms with Crippen molar-refractivity contribution < 1.29 is 0 Å². The minimum absolute atomic E-state index is 0.387. The van der Waals surface area contributed by atoms with Crippen LogP contribution >= 0.6 is 11.6 Å². The van der Waals surface area contributed by atoms with Gasteiger partial charge < -0.3 is 4.90 Å². The number of halogens is 1. The molecule has 1 aromatic carbocycles. The highest BCUT2D eigenvalue weighted by Crippen LogP contribution is 2.22. The first kappa shape index (κ1) is 13.7. The highest BCUT2D eigenvalue weighted by molar-refractivity contribution is 6.30. The molecule has 0 N–H and O–H groups in total. The lowest BCUT2D eigenvalue weighted by Crippen LogP contribution is -2.48. The molecule has 2 rings (SSSR count). The lowest BCUT2D eigenvalue weighted by atomic mass is 9.96. The summed E-state index contributed by atoms with van der Waals surface area (Å²) in [5, 5.41) is 0.824. The van der Waals surface area contributed by atoms with E-state index in [1.807, 2.05) is 12.1 Å². The Bertz CT molecular complexity index is 390. The first-order valence-electron chi connectivity index (χ1n) is 6.67. The Labute approximate surface area is 116 Å². The summed E-state index contributed by atoms with van der Waals surface area (Å²) < 4.78 is 0. The predicted molar refractivity (Wildman–Crippen MR) is 79.6 cm³/mol. The normalized spacial score (nSPS) is 18.1. The number of rotatable bonds is 2. The number of piperazine rings is 1. The van der Waals surface area contributed by atoms with Crippen LogP contribution in [0.5, 0.6) is 0 Å². The summed E-state index contributed by atoms with van der Waals surface area (Å²) in [4.78, 5) is 4.98. The highest BCUT2D eigenvalue weighted by atomic mass is 35.5. The van der Waals surface area contributed by atoms with E-state index in [9.17, 15) is 0 Å². The molecule has 1 aliphatic heterocycles. The van der Waals surface area contributed by atoms with E-state index in [1.54, 1.807) is 0 Å². The monoisotopic (exact) mass is 266 g/mol. The SMILES string of the molecule is CC(C)(C)CN1CCN(c2cccc(Cl)c2)CC1. The van der Waals surface area contributed by atoms with Gasteiger partial charge in [-0.1, -0.05) is 38.4 Å². The molecular formula is C15H23ClN2. The zero-order chi connectivity index (χ0) is 13.2. The van der Waals surface area contributed by atoms with Crippen LogP contribution in [0.15, 0.2) is 24.3 Å². The van der Waals surface area contributed by atoms with E-state index in [0.717, 1.165) is 31.2 Å². The molecule has 0 aliphatic carbocycles. The Hall–Kier alpha value is -0.730. The highest BCUT2D eigenvalue weighted by Gasteiger charge is 2.21. The van der Waals surface area contributed by atoms with Crippen molar-refractivity contribution >= 4 is 17.3 Å². The van der Waals surface area contributed by atoms with Crippen molar-refractivity contribution in [2.24, 2.45) is 5.41 Å². The fourth-order valence-corrected chi connectivity index (χ4v) is 2.69. The molecule has 0 unspecified atom stereocenters. The van der Waals surface area contributed by atoms with Crippen LogP contribution < -0.4 is 4.90 Å². The van der Waals surface area contributed by atoms with Crippen molar-refractivity contribution in [3.05, 3.63) is 29.3 Å². The van der Waals surface area contributed by atoms with E-state index in [0.29, 0.717) is 5.41 Å². The van der Waals surface area contributed by atoms with E-state index in [4.69, 9.17) is 11.6 Å². The molecular weight excluding hydrogens is 244 g/mol. The van der Waals surface area contributed by atoms with E-state index in [-0.39, 0.29) is 0 Å². The summed E-state index contributed by atoms with van der Waals surface area (Å²) in [6.07, 6.45) is 0. The second kappa shape index (κ2) is 5.50. The molecule has 18 heavy (non-hydrogen) atoms. The molecule has 100 valence electrons. The first-order valence-corrected chi connectivity index (χ1v) is 7.05. The number of nitrogens with zero attached hydrogens (tertiary/aromatic N) is 2. The molecule has 1 aromatic rings. The molecule has 0 amide bonds. The van der Waals surface area contributed by atoms with Crippen LogP contribution in [0.3, 0.4) is 0 Å². The maximum absolute atomic E-state index is 6.04. The van der Waals surface area contributed by atoms with Crippen LogP contribution in [0.2, 0.25) is 5.02 Å². The third kappa shape index (κ3) is 3.89. The Balaban J connectivity index is 1.91. The average molecular weight is 267 g/mol. The Morgan fingerprint density at radius 2 is 1.78 bits per heavy atom. The fraction of sp³-hybridized carbons (Fsp3) is 0.600. The van der Waals surface area contributed by atoms with Gasteiger partial charge in [-0.25, -0.2) is 0 Å². The second-order valence-corrected chi connectivity index (χ2v) is 6.74. The molecule has 0 bridgehead atoms. The van der Waals surface area contributed by atoms with E-state index < -0.39 is 0 Å². The van der Waals surface area contributed by atoms with Gasteiger partial charge in [-0.15, -0.1) is 0 Å². The maximum atomic E-state index is 6.04. The molecule has 2 nitrogen and oxygen atoms in total. The van der Waals surface area contributed by atoms with Crippen molar-refractivity contribution in [1.29, 1.82) is 0 Å². The molecule has 0 spiro atoms. The van der Waals surface area contributed by atoms with Gasteiger partial charge in [-0.3, -0.25) is 4.90 Å². The molecule has 1 fully saturated rings. The van der Waals surface area contributed by atoms with Crippen LogP contribution in [-0.4, -0.2) is 37.6 Å². The molecule has 1 saturated heterocycles. The van der Waals surface area contributed by atoms with Crippen LogP contribution in [0.4, 0.5) is 5.69 Å². The van der Waals surface area contributed by atoms with Gasteiger partial charge in [0.15, 0.2) is 0 Å². The molecule has 1 heterocycles. The fourth-order valence-electron chi connectivity index (χ4n) is 2.51. The number of anilines is 1. The number of hydrogen-bond acceptors (Lipinski definition) is 2. The van der Waals surface area contributed by atoms with Crippen molar-refractivity contribution in [2.75, 3.05) is 37.6 Å². The summed E-state index contributed by atoms with van der Waals surface area (Å²) in [6.45, 7) is 12.6. The summed E-state index contributed by atoms with van der Waals surface area (Å²) in [6, 6.07) is 8.16.